The van der Waals surface area contributed by atoms with Crippen LogP contribution >= 0.6 is 0 Å². The number of methoxy groups -OCH3 is 1. The highest BCUT2D eigenvalue weighted by molar-refractivity contribution is 5.97. The topological polar surface area (TPSA) is 72.5 Å². The minimum Gasteiger partial charge on any atom is -0.465 e. The van der Waals surface area contributed by atoms with Gasteiger partial charge in [0, 0.05) is 24.9 Å². The summed E-state index contributed by atoms with van der Waals surface area (Å²) in [7, 11) is 1.33. The molecule has 1 amide bonds. The highest BCUT2D eigenvalue weighted by atomic mass is 16.5. The van der Waals surface area contributed by atoms with Gasteiger partial charge in [-0.25, -0.2) is 4.79 Å². The number of nitrogens with one attached hydrogen (secondary N) is 1. The number of esters is 1. The predicted octanol–water partition coefficient (Wildman–Crippen LogP) is 2.75. The van der Waals surface area contributed by atoms with E-state index < -0.39 is 5.97 Å². The molecule has 0 unspecified atom stereocenters. The van der Waals surface area contributed by atoms with Crippen molar-refractivity contribution in [2.45, 2.75) is 19.4 Å². The maximum Gasteiger partial charge on any atom is 0.337 e. The van der Waals surface area contributed by atoms with Crippen molar-refractivity contribution in [3.63, 3.8) is 0 Å². The second-order valence-corrected chi connectivity index (χ2v) is 5.25. The highest BCUT2D eigenvalue weighted by Gasteiger charge is 2.09. The van der Waals surface area contributed by atoms with Crippen LogP contribution in [-0.4, -0.2) is 24.8 Å². The molecule has 0 fully saturated rings. The molecule has 0 heterocycles. The molecule has 1 N–H and O–H groups in total. The summed E-state index contributed by atoms with van der Waals surface area (Å²) in [5.74, 6) is -0.630. The van der Waals surface area contributed by atoms with Gasteiger partial charge in [-0.2, -0.15) is 0 Å². The Morgan fingerprint density at radius 1 is 0.875 bits per heavy atom. The van der Waals surface area contributed by atoms with Gasteiger partial charge in [-0.15, -0.1) is 0 Å². The molecule has 0 saturated carbocycles. The number of ether oxygens (including phenoxy) is 1. The molecule has 2 aromatic carbocycles. The van der Waals surface area contributed by atoms with Gasteiger partial charge in [-0.3, -0.25) is 9.59 Å². The van der Waals surface area contributed by atoms with Crippen LogP contribution in [0.2, 0.25) is 0 Å². The number of ketones is 1. The minimum absolute atomic E-state index is 0.0480. The Balaban J connectivity index is 1.77. The van der Waals surface area contributed by atoms with Crippen LogP contribution in [0.1, 0.15) is 39.1 Å². The molecule has 5 nitrogen and oxygen atoms in total. The molecule has 0 aromatic heterocycles. The summed E-state index contributed by atoms with van der Waals surface area (Å²) in [5, 5.41) is 2.76. The molecular formula is C19H19NO4. The SMILES string of the molecule is COC(=O)c1ccc(CNC(=O)CCC(=O)c2ccccc2)cc1. The van der Waals surface area contributed by atoms with Crippen molar-refractivity contribution in [1.29, 1.82) is 0 Å². The van der Waals surface area contributed by atoms with Crippen molar-refractivity contribution < 1.29 is 19.1 Å². The van der Waals surface area contributed by atoms with E-state index in [9.17, 15) is 14.4 Å². The summed E-state index contributed by atoms with van der Waals surface area (Å²) in [6.07, 6.45) is 0.325. The van der Waals surface area contributed by atoms with E-state index in [4.69, 9.17) is 0 Å². The van der Waals surface area contributed by atoms with E-state index in [1.54, 1.807) is 48.5 Å². The maximum atomic E-state index is 11.9. The Kier molecular flexibility index (Phi) is 6.25. The van der Waals surface area contributed by atoms with Crippen molar-refractivity contribution in [3.05, 3.63) is 71.3 Å². The Morgan fingerprint density at radius 3 is 2.17 bits per heavy atom. The molecule has 0 aliphatic heterocycles. The van der Waals surface area contributed by atoms with Gasteiger partial charge in [0.2, 0.25) is 5.91 Å². The lowest BCUT2D eigenvalue weighted by Crippen LogP contribution is -2.23. The predicted molar refractivity (Wildman–Crippen MR) is 89.6 cm³/mol. The monoisotopic (exact) mass is 325 g/mol. The molecule has 5 heteroatoms. The lowest BCUT2D eigenvalue weighted by molar-refractivity contribution is -0.121. The number of Topliss-reactive ketones (excluding diaryl/α,β-unsaturated/α-hetero) is 1. The van der Waals surface area contributed by atoms with Crippen molar-refractivity contribution in [2.24, 2.45) is 0 Å². The molecule has 0 bridgehead atoms. The van der Waals surface area contributed by atoms with Gasteiger partial charge < -0.3 is 10.1 Å². The van der Waals surface area contributed by atoms with Crippen LogP contribution in [0, 0.1) is 0 Å². The summed E-state index contributed by atoms with van der Waals surface area (Å²) in [4.78, 5) is 35.1. The van der Waals surface area contributed by atoms with Gasteiger partial charge in [0.15, 0.2) is 5.78 Å². The number of benzene rings is 2. The summed E-state index contributed by atoms with van der Waals surface area (Å²) in [5.41, 5.74) is 1.94. The number of hydrogen-bond donors (Lipinski definition) is 1. The van der Waals surface area contributed by atoms with Crippen LogP contribution < -0.4 is 5.32 Å². The summed E-state index contributed by atoms with van der Waals surface area (Å²) < 4.78 is 4.62. The van der Waals surface area contributed by atoms with E-state index in [0.717, 1.165) is 5.56 Å². The first-order chi connectivity index (χ1) is 11.6. The third-order valence-corrected chi connectivity index (χ3v) is 3.54. The molecule has 0 aliphatic carbocycles. The molecule has 124 valence electrons. The minimum atomic E-state index is -0.398. The zero-order valence-corrected chi connectivity index (χ0v) is 13.5. The molecule has 2 aromatic rings. The number of carbonyl (C=O) groups is 3. The van der Waals surface area contributed by atoms with Crippen LogP contribution in [0.15, 0.2) is 54.6 Å². The van der Waals surface area contributed by atoms with E-state index in [1.807, 2.05) is 6.07 Å². The van der Waals surface area contributed by atoms with Gasteiger partial charge in [0.05, 0.1) is 12.7 Å². The van der Waals surface area contributed by atoms with E-state index >= 15 is 0 Å². The first kappa shape index (κ1) is 17.4. The number of carbonyl (C=O) groups excluding carboxylic acids is 3. The van der Waals surface area contributed by atoms with Crippen LogP contribution in [-0.2, 0) is 16.1 Å². The van der Waals surface area contributed by atoms with Crippen molar-refractivity contribution in [3.8, 4) is 0 Å². The third kappa shape index (κ3) is 5.05. The molecular weight excluding hydrogens is 306 g/mol. The second-order valence-electron chi connectivity index (χ2n) is 5.25. The average Bonchev–Trinajstić information content (AvgIpc) is 2.64. The fraction of sp³-hybridized carbons (Fsp3) is 0.211. The van der Waals surface area contributed by atoms with Gasteiger partial charge in [0.25, 0.3) is 0 Å². The van der Waals surface area contributed by atoms with Crippen molar-refractivity contribution in [1.82, 2.24) is 5.32 Å². The molecule has 0 spiro atoms. The molecule has 0 aliphatic rings. The Hall–Kier alpha value is -2.95. The first-order valence-electron chi connectivity index (χ1n) is 7.62. The van der Waals surface area contributed by atoms with Crippen LogP contribution in [0.5, 0.6) is 0 Å². The summed E-state index contributed by atoms with van der Waals surface area (Å²) in [6, 6.07) is 15.7. The van der Waals surface area contributed by atoms with Gasteiger partial charge in [0.1, 0.15) is 0 Å². The van der Waals surface area contributed by atoms with Crippen molar-refractivity contribution >= 4 is 17.7 Å². The van der Waals surface area contributed by atoms with Gasteiger partial charge in [-0.1, -0.05) is 42.5 Å². The fourth-order valence-electron chi connectivity index (χ4n) is 2.16. The van der Waals surface area contributed by atoms with Crippen molar-refractivity contribution in [2.75, 3.05) is 7.11 Å². The third-order valence-electron chi connectivity index (χ3n) is 3.54. The Morgan fingerprint density at radius 2 is 1.54 bits per heavy atom. The van der Waals surface area contributed by atoms with E-state index in [-0.39, 0.29) is 24.5 Å². The maximum absolute atomic E-state index is 11.9. The van der Waals surface area contributed by atoms with Crippen LogP contribution in [0.25, 0.3) is 0 Å². The Bertz CT molecular complexity index is 708. The number of rotatable bonds is 7. The van der Waals surface area contributed by atoms with Gasteiger partial charge >= 0.3 is 5.97 Å². The molecule has 0 radical (unpaired) electrons. The lowest BCUT2D eigenvalue weighted by Gasteiger charge is -2.06. The van der Waals surface area contributed by atoms with E-state index in [1.165, 1.54) is 7.11 Å². The summed E-state index contributed by atoms with van der Waals surface area (Å²) in [6.45, 7) is 0.347. The van der Waals surface area contributed by atoms with Gasteiger partial charge in [-0.05, 0) is 17.7 Å². The second kappa shape index (κ2) is 8.62. The Labute approximate surface area is 140 Å². The zero-order chi connectivity index (χ0) is 17.4. The number of hydrogen-bond acceptors (Lipinski definition) is 4. The normalized spacial score (nSPS) is 10.0. The number of amides is 1. The first-order valence-corrected chi connectivity index (χ1v) is 7.62. The van der Waals surface area contributed by atoms with E-state index in [0.29, 0.717) is 17.7 Å². The summed E-state index contributed by atoms with van der Waals surface area (Å²) >= 11 is 0. The highest BCUT2D eigenvalue weighted by Crippen LogP contribution is 2.07. The average molecular weight is 325 g/mol. The molecule has 2 rings (SSSR count). The fourth-order valence-corrected chi connectivity index (χ4v) is 2.16. The molecule has 0 saturated heterocycles. The molecule has 24 heavy (non-hydrogen) atoms. The van der Waals surface area contributed by atoms with E-state index in [2.05, 4.69) is 10.1 Å². The smallest absolute Gasteiger partial charge is 0.337 e. The zero-order valence-electron chi connectivity index (χ0n) is 13.5. The quantitative estimate of drug-likeness (QED) is 0.627. The molecule has 0 atom stereocenters. The lowest BCUT2D eigenvalue weighted by atomic mass is 10.1. The largest absolute Gasteiger partial charge is 0.465 e. The van der Waals surface area contributed by atoms with Crippen LogP contribution in [0.3, 0.4) is 0 Å². The van der Waals surface area contributed by atoms with Crippen LogP contribution in [0.4, 0.5) is 0 Å². The standard InChI is InChI=1S/C19H19NO4/c1-24-19(23)16-9-7-14(8-10-16)13-20-18(22)12-11-17(21)15-5-3-2-4-6-15/h2-10H,11-13H2,1H3,(H,20,22).